The van der Waals surface area contributed by atoms with Crippen molar-refractivity contribution in [2.75, 3.05) is 18.4 Å². The van der Waals surface area contributed by atoms with Crippen molar-refractivity contribution in [3.05, 3.63) is 72.2 Å². The van der Waals surface area contributed by atoms with E-state index >= 15 is 0 Å². The molecule has 5 rings (SSSR count). The molecule has 0 radical (unpaired) electrons. The van der Waals surface area contributed by atoms with Gasteiger partial charge in [-0.3, -0.25) is 14.7 Å². The van der Waals surface area contributed by atoms with Gasteiger partial charge in [0.25, 0.3) is 0 Å². The fourth-order valence-electron chi connectivity index (χ4n) is 4.66. The molecule has 2 heterocycles. The first-order valence-electron chi connectivity index (χ1n) is 10.2. The summed E-state index contributed by atoms with van der Waals surface area (Å²) < 4.78 is 13.7. The van der Waals surface area contributed by atoms with Crippen molar-refractivity contribution in [3.8, 4) is 0 Å². The standard InChI is InChI=1S/C24H24FN3O/c1-15(23(29)11-16-5-3-2-4-6-16)28-13-19-20(14-28)24(19)27-22-9-10-26-21-8-7-17(25)12-18(21)22/h2-10,12,15,19-20,24H,11,13-14H2,1H3,(H,26,27). The Morgan fingerprint density at radius 3 is 2.69 bits per heavy atom. The number of hydrogen-bond acceptors (Lipinski definition) is 4. The van der Waals surface area contributed by atoms with Gasteiger partial charge in [-0.15, -0.1) is 0 Å². The molecule has 3 atom stereocenters. The first-order chi connectivity index (χ1) is 14.1. The number of nitrogens with zero attached hydrogens (tertiary/aromatic N) is 2. The lowest BCUT2D eigenvalue weighted by Crippen LogP contribution is -2.41. The molecule has 1 N–H and O–H groups in total. The van der Waals surface area contributed by atoms with Crippen molar-refractivity contribution in [1.29, 1.82) is 0 Å². The molecule has 0 spiro atoms. The fourth-order valence-corrected chi connectivity index (χ4v) is 4.66. The second-order valence-electron chi connectivity index (χ2n) is 8.28. The van der Waals surface area contributed by atoms with Gasteiger partial charge in [0.2, 0.25) is 0 Å². The molecular formula is C24H24FN3O. The molecule has 3 aromatic rings. The maximum Gasteiger partial charge on any atom is 0.154 e. The first-order valence-corrected chi connectivity index (χ1v) is 10.2. The second kappa shape index (κ2) is 7.23. The topological polar surface area (TPSA) is 45.2 Å². The Bertz CT molecular complexity index is 1040. The average Bonchev–Trinajstić information content (AvgIpc) is 3.17. The van der Waals surface area contributed by atoms with E-state index in [9.17, 15) is 9.18 Å². The minimum Gasteiger partial charge on any atom is -0.381 e. The Morgan fingerprint density at radius 2 is 1.93 bits per heavy atom. The van der Waals surface area contributed by atoms with Crippen LogP contribution in [0.1, 0.15) is 12.5 Å². The molecule has 0 amide bonds. The number of benzene rings is 2. The van der Waals surface area contributed by atoms with Crippen LogP contribution < -0.4 is 5.32 Å². The van der Waals surface area contributed by atoms with Gasteiger partial charge < -0.3 is 5.32 Å². The Hall–Kier alpha value is -2.79. The summed E-state index contributed by atoms with van der Waals surface area (Å²) in [5.41, 5.74) is 2.81. The van der Waals surface area contributed by atoms with Crippen LogP contribution in [-0.2, 0) is 11.2 Å². The monoisotopic (exact) mass is 389 g/mol. The van der Waals surface area contributed by atoms with Crippen LogP contribution in [0, 0.1) is 17.7 Å². The number of nitrogens with one attached hydrogen (secondary N) is 1. The van der Waals surface area contributed by atoms with Gasteiger partial charge in [0, 0.05) is 42.8 Å². The van der Waals surface area contributed by atoms with Gasteiger partial charge in [0.15, 0.2) is 5.78 Å². The SMILES string of the molecule is CC(C(=O)Cc1ccccc1)N1CC2C(C1)C2Nc1ccnc2ccc(F)cc12. The molecule has 1 saturated carbocycles. The third-order valence-corrected chi connectivity index (χ3v) is 6.48. The van der Waals surface area contributed by atoms with Gasteiger partial charge in [0.05, 0.1) is 11.6 Å². The summed E-state index contributed by atoms with van der Waals surface area (Å²) in [5.74, 6) is 1.11. The van der Waals surface area contributed by atoms with E-state index in [1.54, 1.807) is 18.3 Å². The smallest absolute Gasteiger partial charge is 0.154 e. The Kier molecular flexibility index (Phi) is 4.55. The van der Waals surface area contributed by atoms with E-state index in [1.807, 2.05) is 43.3 Å². The van der Waals surface area contributed by atoms with E-state index in [-0.39, 0.29) is 17.6 Å². The predicted octanol–water partition coefficient (Wildman–Crippen LogP) is 3.92. The summed E-state index contributed by atoms with van der Waals surface area (Å²) >= 11 is 0. The highest BCUT2D eigenvalue weighted by atomic mass is 19.1. The van der Waals surface area contributed by atoms with Crippen LogP contribution in [0.2, 0.25) is 0 Å². The molecule has 29 heavy (non-hydrogen) atoms. The normalized spacial score (nSPS) is 24.3. The van der Waals surface area contributed by atoms with Crippen LogP contribution in [0.25, 0.3) is 10.9 Å². The zero-order chi connectivity index (χ0) is 20.0. The number of fused-ring (bicyclic) bond motifs is 2. The molecule has 2 aliphatic rings. The lowest BCUT2D eigenvalue weighted by molar-refractivity contribution is -0.122. The molecule has 1 aliphatic carbocycles. The number of halogens is 1. The number of piperidine rings is 1. The van der Waals surface area contributed by atoms with Crippen LogP contribution in [0.15, 0.2) is 60.8 Å². The van der Waals surface area contributed by atoms with E-state index in [0.717, 1.165) is 35.2 Å². The maximum absolute atomic E-state index is 13.7. The third-order valence-electron chi connectivity index (χ3n) is 6.48. The number of ketones is 1. The molecule has 5 heteroatoms. The maximum atomic E-state index is 13.7. The van der Waals surface area contributed by atoms with E-state index in [1.165, 1.54) is 6.07 Å². The largest absolute Gasteiger partial charge is 0.381 e. The number of hydrogen-bond donors (Lipinski definition) is 1. The van der Waals surface area contributed by atoms with Crippen LogP contribution in [0.5, 0.6) is 0 Å². The Morgan fingerprint density at radius 1 is 1.17 bits per heavy atom. The van der Waals surface area contributed by atoms with Gasteiger partial charge in [-0.1, -0.05) is 30.3 Å². The molecule has 1 saturated heterocycles. The lowest BCUT2D eigenvalue weighted by Gasteiger charge is -2.26. The van der Waals surface area contributed by atoms with Gasteiger partial charge >= 0.3 is 0 Å². The number of pyridine rings is 1. The fraction of sp³-hybridized carbons (Fsp3) is 0.333. The van der Waals surface area contributed by atoms with E-state index in [4.69, 9.17) is 0 Å². The van der Waals surface area contributed by atoms with Crippen LogP contribution in [0.3, 0.4) is 0 Å². The molecule has 2 fully saturated rings. The van der Waals surface area contributed by atoms with Gasteiger partial charge in [-0.05, 0) is 48.6 Å². The number of likely N-dealkylation sites (tertiary alicyclic amines) is 1. The highest BCUT2D eigenvalue weighted by molar-refractivity contribution is 5.91. The zero-order valence-corrected chi connectivity index (χ0v) is 16.4. The van der Waals surface area contributed by atoms with E-state index < -0.39 is 0 Å². The highest BCUT2D eigenvalue weighted by Crippen LogP contribution is 2.48. The Balaban J connectivity index is 1.21. The number of carbonyl (C=O) groups excluding carboxylic acids is 1. The molecular weight excluding hydrogens is 365 g/mol. The van der Waals surface area contributed by atoms with Crippen molar-refractivity contribution in [1.82, 2.24) is 9.88 Å². The lowest BCUT2D eigenvalue weighted by atomic mass is 10.0. The van der Waals surface area contributed by atoms with E-state index in [0.29, 0.717) is 24.3 Å². The summed E-state index contributed by atoms with van der Waals surface area (Å²) in [6, 6.07) is 16.9. The van der Waals surface area contributed by atoms with Crippen molar-refractivity contribution in [2.24, 2.45) is 11.8 Å². The second-order valence-corrected chi connectivity index (χ2v) is 8.28. The molecule has 148 valence electrons. The summed E-state index contributed by atoms with van der Waals surface area (Å²) in [5, 5.41) is 4.42. The third kappa shape index (κ3) is 3.51. The highest BCUT2D eigenvalue weighted by Gasteiger charge is 2.56. The van der Waals surface area contributed by atoms with Crippen molar-refractivity contribution < 1.29 is 9.18 Å². The summed E-state index contributed by atoms with van der Waals surface area (Å²) in [7, 11) is 0. The molecule has 4 nitrogen and oxygen atoms in total. The minimum atomic E-state index is -0.249. The molecule has 0 bridgehead atoms. The Labute approximate surface area is 169 Å². The molecule has 1 aliphatic heterocycles. The summed E-state index contributed by atoms with van der Waals surface area (Å²) in [4.78, 5) is 19.3. The summed E-state index contributed by atoms with van der Waals surface area (Å²) in [6.07, 6.45) is 2.25. The molecule has 2 aromatic carbocycles. The van der Waals surface area contributed by atoms with Crippen molar-refractivity contribution in [2.45, 2.75) is 25.4 Å². The van der Waals surface area contributed by atoms with Gasteiger partial charge in [-0.25, -0.2) is 4.39 Å². The van der Waals surface area contributed by atoms with E-state index in [2.05, 4.69) is 15.2 Å². The molecule has 1 aromatic heterocycles. The van der Waals surface area contributed by atoms with Crippen LogP contribution in [0.4, 0.5) is 10.1 Å². The number of anilines is 1. The zero-order valence-electron chi connectivity index (χ0n) is 16.4. The van der Waals surface area contributed by atoms with Crippen molar-refractivity contribution >= 4 is 22.4 Å². The average molecular weight is 389 g/mol. The van der Waals surface area contributed by atoms with Crippen LogP contribution in [-0.4, -0.2) is 40.8 Å². The number of rotatable bonds is 6. The number of Topliss-reactive ketones (excluding diaryl/α,β-unsaturated/α-hetero) is 1. The first kappa shape index (κ1) is 18.3. The van der Waals surface area contributed by atoms with Crippen molar-refractivity contribution in [3.63, 3.8) is 0 Å². The van der Waals surface area contributed by atoms with Gasteiger partial charge in [-0.2, -0.15) is 0 Å². The predicted molar refractivity (Wildman–Crippen MR) is 112 cm³/mol. The van der Waals surface area contributed by atoms with Crippen LogP contribution >= 0.6 is 0 Å². The number of carbonyl (C=O) groups is 1. The summed E-state index contributed by atoms with van der Waals surface area (Å²) in [6.45, 7) is 3.89. The molecule has 3 unspecified atom stereocenters. The van der Waals surface area contributed by atoms with Gasteiger partial charge in [0.1, 0.15) is 5.82 Å². The quantitative estimate of drug-likeness (QED) is 0.694. The number of aromatic nitrogens is 1. The minimum absolute atomic E-state index is 0.0560.